The second kappa shape index (κ2) is 7.39. The zero-order valence-electron chi connectivity index (χ0n) is 14.0. The van der Waals surface area contributed by atoms with Crippen molar-refractivity contribution in [2.24, 2.45) is 0 Å². The van der Waals surface area contributed by atoms with Gasteiger partial charge in [-0.2, -0.15) is 5.10 Å². The summed E-state index contributed by atoms with van der Waals surface area (Å²) in [6, 6.07) is 9.37. The van der Waals surface area contributed by atoms with Crippen molar-refractivity contribution in [1.82, 2.24) is 9.78 Å². The van der Waals surface area contributed by atoms with Crippen molar-refractivity contribution in [3.8, 4) is 0 Å². The lowest BCUT2D eigenvalue weighted by Crippen LogP contribution is -2.16. The fourth-order valence-corrected chi connectivity index (χ4v) is 3.60. The molecule has 7 heteroatoms. The van der Waals surface area contributed by atoms with Gasteiger partial charge in [0.15, 0.2) is 0 Å². The van der Waals surface area contributed by atoms with E-state index in [0.717, 1.165) is 5.56 Å². The van der Waals surface area contributed by atoms with Crippen molar-refractivity contribution in [1.29, 1.82) is 0 Å². The zero-order chi connectivity index (χ0) is 19.0. The minimum atomic E-state index is -0.438. The molecule has 0 aliphatic carbocycles. The highest BCUT2D eigenvalue weighted by Crippen LogP contribution is 2.28. The molecule has 3 rings (SSSR count). The highest BCUT2D eigenvalue weighted by Gasteiger charge is 2.23. The van der Waals surface area contributed by atoms with Crippen LogP contribution in [0.4, 0.5) is 4.39 Å². The molecule has 0 amide bonds. The summed E-state index contributed by atoms with van der Waals surface area (Å²) in [5.74, 6) is -0.836. The lowest BCUT2D eigenvalue weighted by atomic mass is 10.0. The van der Waals surface area contributed by atoms with Crippen LogP contribution >= 0.6 is 34.8 Å². The molecule has 0 spiro atoms. The maximum atomic E-state index is 14.1. The van der Waals surface area contributed by atoms with E-state index in [2.05, 4.69) is 5.10 Å². The minimum Gasteiger partial charge on any atom is -0.267 e. The van der Waals surface area contributed by atoms with Crippen LogP contribution in [0.5, 0.6) is 0 Å². The first-order valence-corrected chi connectivity index (χ1v) is 8.91. The van der Waals surface area contributed by atoms with E-state index in [-0.39, 0.29) is 22.0 Å². The van der Waals surface area contributed by atoms with E-state index in [0.29, 0.717) is 22.0 Å². The van der Waals surface area contributed by atoms with Crippen molar-refractivity contribution in [2.45, 2.75) is 20.3 Å². The standard InChI is InChI=1S/C19H14Cl3FN2O/c1-10-12(9-13-14(20)5-4-8-17(13)23)11(2)25(24-10)19(26)18-15(21)6-3-7-16(18)22/h3-8H,9H2,1-2H3. The van der Waals surface area contributed by atoms with Gasteiger partial charge in [0, 0.05) is 28.3 Å². The lowest BCUT2D eigenvalue weighted by molar-refractivity contribution is 0.0942. The predicted octanol–water partition coefficient (Wildman–Crippen LogP) is 5.88. The molecule has 0 radical (unpaired) electrons. The molecule has 0 atom stereocenters. The maximum absolute atomic E-state index is 14.1. The number of benzene rings is 2. The Kier molecular flexibility index (Phi) is 5.37. The van der Waals surface area contributed by atoms with Gasteiger partial charge >= 0.3 is 0 Å². The number of carbonyl (C=O) groups excluding carboxylic acids is 1. The number of aryl methyl sites for hydroxylation is 1. The molecule has 0 fully saturated rings. The largest absolute Gasteiger partial charge is 0.281 e. The number of aromatic nitrogens is 2. The molecule has 3 aromatic rings. The Morgan fingerprint density at radius 1 is 1.00 bits per heavy atom. The molecule has 1 heterocycles. The van der Waals surface area contributed by atoms with Crippen LogP contribution in [0.25, 0.3) is 0 Å². The summed E-state index contributed by atoms with van der Waals surface area (Å²) in [4.78, 5) is 12.9. The van der Waals surface area contributed by atoms with E-state index < -0.39 is 11.7 Å². The van der Waals surface area contributed by atoms with Gasteiger partial charge in [-0.05, 0) is 38.1 Å². The van der Waals surface area contributed by atoms with Crippen LogP contribution in [-0.2, 0) is 6.42 Å². The Morgan fingerprint density at radius 2 is 1.58 bits per heavy atom. The van der Waals surface area contributed by atoms with Gasteiger partial charge in [-0.15, -0.1) is 0 Å². The topological polar surface area (TPSA) is 34.9 Å². The van der Waals surface area contributed by atoms with Crippen LogP contribution in [0.1, 0.15) is 32.9 Å². The van der Waals surface area contributed by atoms with E-state index in [4.69, 9.17) is 34.8 Å². The molecule has 26 heavy (non-hydrogen) atoms. The van der Waals surface area contributed by atoms with Crippen molar-refractivity contribution < 1.29 is 9.18 Å². The summed E-state index contributed by atoms with van der Waals surface area (Å²) in [5, 5.41) is 5.13. The monoisotopic (exact) mass is 410 g/mol. The highest BCUT2D eigenvalue weighted by molar-refractivity contribution is 6.39. The summed E-state index contributed by atoms with van der Waals surface area (Å²) in [6.45, 7) is 3.50. The molecule has 1 aromatic heterocycles. The summed E-state index contributed by atoms with van der Waals surface area (Å²) in [7, 11) is 0. The van der Waals surface area contributed by atoms with Crippen molar-refractivity contribution in [3.05, 3.63) is 85.4 Å². The number of rotatable bonds is 3. The van der Waals surface area contributed by atoms with E-state index >= 15 is 0 Å². The molecule has 0 aliphatic heterocycles. The molecule has 3 nitrogen and oxygen atoms in total. The van der Waals surface area contributed by atoms with Gasteiger partial charge in [0.2, 0.25) is 0 Å². The van der Waals surface area contributed by atoms with Gasteiger partial charge in [-0.3, -0.25) is 4.79 Å². The molecule has 0 saturated carbocycles. The number of hydrogen-bond acceptors (Lipinski definition) is 2. The molecular formula is C19H14Cl3FN2O. The summed E-state index contributed by atoms with van der Waals surface area (Å²) in [5.41, 5.74) is 2.47. The molecule has 134 valence electrons. The second-order valence-corrected chi connectivity index (χ2v) is 7.06. The van der Waals surface area contributed by atoms with Crippen LogP contribution in [0.15, 0.2) is 36.4 Å². The van der Waals surface area contributed by atoms with E-state index in [1.807, 2.05) is 0 Å². The van der Waals surface area contributed by atoms with Gasteiger partial charge in [-0.25, -0.2) is 9.07 Å². The maximum Gasteiger partial charge on any atom is 0.281 e. The van der Waals surface area contributed by atoms with E-state index in [9.17, 15) is 9.18 Å². The fraction of sp³-hybridized carbons (Fsp3) is 0.158. The first-order chi connectivity index (χ1) is 12.3. The number of halogens is 4. The van der Waals surface area contributed by atoms with Gasteiger partial charge in [-0.1, -0.05) is 46.9 Å². The van der Waals surface area contributed by atoms with Crippen LogP contribution in [0.2, 0.25) is 15.1 Å². The van der Waals surface area contributed by atoms with Gasteiger partial charge in [0.05, 0.1) is 21.3 Å². The van der Waals surface area contributed by atoms with E-state index in [1.165, 1.54) is 10.7 Å². The Morgan fingerprint density at radius 3 is 2.19 bits per heavy atom. The van der Waals surface area contributed by atoms with Crippen LogP contribution in [0, 0.1) is 19.7 Å². The normalized spacial score (nSPS) is 11.0. The smallest absolute Gasteiger partial charge is 0.267 e. The number of carbonyl (C=O) groups is 1. The molecule has 0 saturated heterocycles. The Bertz CT molecular complexity index is 974. The molecule has 0 unspecified atom stereocenters. The summed E-state index contributed by atoms with van der Waals surface area (Å²) < 4.78 is 15.4. The van der Waals surface area contributed by atoms with Crippen molar-refractivity contribution >= 4 is 40.7 Å². The second-order valence-electron chi connectivity index (χ2n) is 5.84. The lowest BCUT2D eigenvalue weighted by Gasteiger charge is -2.09. The Balaban J connectivity index is 2.05. The first-order valence-electron chi connectivity index (χ1n) is 7.78. The van der Waals surface area contributed by atoms with Crippen molar-refractivity contribution in [2.75, 3.05) is 0 Å². The van der Waals surface area contributed by atoms with Gasteiger partial charge < -0.3 is 0 Å². The highest BCUT2D eigenvalue weighted by atomic mass is 35.5. The van der Waals surface area contributed by atoms with Crippen LogP contribution in [0.3, 0.4) is 0 Å². The van der Waals surface area contributed by atoms with Gasteiger partial charge in [0.25, 0.3) is 5.91 Å². The third kappa shape index (κ3) is 3.37. The predicted molar refractivity (Wildman–Crippen MR) is 102 cm³/mol. The van der Waals surface area contributed by atoms with Crippen molar-refractivity contribution in [3.63, 3.8) is 0 Å². The molecule has 0 aliphatic rings. The molecular weight excluding hydrogens is 398 g/mol. The van der Waals surface area contributed by atoms with E-state index in [1.54, 1.807) is 44.2 Å². The third-order valence-corrected chi connectivity index (χ3v) is 5.21. The average molecular weight is 412 g/mol. The SMILES string of the molecule is Cc1nn(C(=O)c2c(Cl)cccc2Cl)c(C)c1Cc1c(F)cccc1Cl. The van der Waals surface area contributed by atoms with Gasteiger partial charge in [0.1, 0.15) is 5.82 Å². The first kappa shape index (κ1) is 18.9. The third-order valence-electron chi connectivity index (χ3n) is 4.23. The zero-order valence-corrected chi connectivity index (χ0v) is 16.3. The molecule has 0 N–H and O–H groups in total. The fourth-order valence-electron chi connectivity index (χ4n) is 2.81. The Labute approximate surface area is 165 Å². The number of nitrogens with zero attached hydrogens (tertiary/aromatic N) is 2. The Hall–Kier alpha value is -1.88. The summed E-state index contributed by atoms with van der Waals surface area (Å²) >= 11 is 18.4. The average Bonchev–Trinajstić information content (AvgIpc) is 2.85. The van der Waals surface area contributed by atoms with Crippen LogP contribution in [-0.4, -0.2) is 15.7 Å². The quantitative estimate of drug-likeness (QED) is 0.539. The summed E-state index contributed by atoms with van der Waals surface area (Å²) in [6.07, 6.45) is 0.229. The molecule has 0 bridgehead atoms. The van der Waals surface area contributed by atoms with Crippen LogP contribution < -0.4 is 0 Å². The number of hydrogen-bond donors (Lipinski definition) is 0. The minimum absolute atomic E-state index is 0.178. The molecule has 2 aromatic carbocycles.